The number of carboxylic acid groups (broad SMARTS) is 1. The van der Waals surface area contributed by atoms with Crippen molar-refractivity contribution in [3.05, 3.63) is 80.0 Å². The van der Waals surface area contributed by atoms with Gasteiger partial charge in [-0.3, -0.25) is 19.1 Å². The summed E-state index contributed by atoms with van der Waals surface area (Å²) in [6.07, 6.45) is -4.68. The Kier molecular flexibility index (Phi) is 13.2. The van der Waals surface area contributed by atoms with E-state index < -0.39 is 63.2 Å². The third-order valence-electron chi connectivity index (χ3n) is 7.87. The summed E-state index contributed by atoms with van der Waals surface area (Å²) in [6.45, 7) is 6.64. The lowest BCUT2D eigenvalue weighted by atomic mass is 9.94. The van der Waals surface area contributed by atoms with Crippen LogP contribution >= 0.6 is 11.6 Å². The van der Waals surface area contributed by atoms with Crippen molar-refractivity contribution in [2.75, 3.05) is 25.4 Å². The molecule has 0 aliphatic heterocycles. The number of aliphatic carboxylic acids is 1. The standard InChI is InChI=1S/C33H38ClF6N5O6S/c1-17(2)9-26(45-16-20(7-8-44(5)6)23(14-28(45)46)32(35,36)37)31(49)42-25(15-29(47)48)24-12-21(13-27(34)41-24)30-18(3)10-22(11-19(30)4)43-52(50,51)33(38,39)40/h10-14,16-17,25-26,43H,7-9,15H2,1-6H3,(H,42,49)(H,47,48)/t25-,26-/m0/s1. The molecule has 286 valence electrons. The van der Waals surface area contributed by atoms with E-state index in [0.717, 1.165) is 22.9 Å². The van der Waals surface area contributed by atoms with Gasteiger partial charge in [-0.15, -0.1) is 0 Å². The molecule has 0 spiro atoms. The fourth-order valence-electron chi connectivity index (χ4n) is 5.64. The van der Waals surface area contributed by atoms with Crippen molar-refractivity contribution in [2.24, 2.45) is 5.92 Å². The van der Waals surface area contributed by atoms with Crippen LogP contribution in [0.25, 0.3) is 11.1 Å². The van der Waals surface area contributed by atoms with Crippen LogP contribution in [0.15, 0.2) is 41.3 Å². The number of sulfonamides is 1. The number of amides is 1. The van der Waals surface area contributed by atoms with Gasteiger partial charge in [0.15, 0.2) is 0 Å². The molecule has 11 nitrogen and oxygen atoms in total. The van der Waals surface area contributed by atoms with Crippen molar-refractivity contribution in [2.45, 2.75) is 70.7 Å². The van der Waals surface area contributed by atoms with Gasteiger partial charge in [-0.05, 0) is 98.8 Å². The van der Waals surface area contributed by atoms with Crippen LogP contribution in [0.5, 0.6) is 0 Å². The number of carboxylic acids is 1. The first-order valence-corrected chi connectivity index (χ1v) is 17.5. The topological polar surface area (TPSA) is 151 Å². The Labute approximate surface area is 301 Å². The zero-order valence-electron chi connectivity index (χ0n) is 28.9. The van der Waals surface area contributed by atoms with Crippen molar-refractivity contribution in [1.29, 1.82) is 0 Å². The lowest BCUT2D eigenvalue weighted by Crippen LogP contribution is -2.41. The Balaban J connectivity index is 2.10. The van der Waals surface area contributed by atoms with Crippen molar-refractivity contribution in [1.82, 2.24) is 19.8 Å². The summed E-state index contributed by atoms with van der Waals surface area (Å²) >= 11 is 6.33. The van der Waals surface area contributed by atoms with Crippen molar-refractivity contribution < 1.29 is 49.5 Å². The van der Waals surface area contributed by atoms with E-state index in [9.17, 15) is 54.3 Å². The number of anilines is 1. The lowest BCUT2D eigenvalue weighted by molar-refractivity contribution is -0.139. The molecule has 0 saturated heterocycles. The number of halogens is 7. The van der Waals surface area contributed by atoms with Gasteiger partial charge in [0, 0.05) is 24.5 Å². The normalized spacial score (nSPS) is 13.7. The number of alkyl halides is 6. The molecule has 0 fully saturated rings. The van der Waals surface area contributed by atoms with Gasteiger partial charge in [0.2, 0.25) is 5.91 Å². The molecule has 3 rings (SSSR count). The van der Waals surface area contributed by atoms with Gasteiger partial charge in [-0.2, -0.15) is 34.8 Å². The maximum absolute atomic E-state index is 13.9. The molecule has 0 aliphatic carbocycles. The Morgan fingerprint density at radius 3 is 2.12 bits per heavy atom. The molecule has 0 aliphatic rings. The first kappa shape index (κ1) is 42.3. The number of carbonyl (C=O) groups excluding carboxylic acids is 1. The molecule has 52 heavy (non-hydrogen) atoms. The first-order valence-electron chi connectivity index (χ1n) is 15.7. The Bertz CT molecular complexity index is 1960. The minimum Gasteiger partial charge on any atom is -0.481 e. The van der Waals surface area contributed by atoms with Crippen LogP contribution in [0, 0.1) is 19.8 Å². The van der Waals surface area contributed by atoms with Crippen LogP contribution in [0.2, 0.25) is 5.15 Å². The van der Waals surface area contributed by atoms with E-state index in [1.165, 1.54) is 30.7 Å². The third kappa shape index (κ3) is 10.7. The number of benzene rings is 1. The van der Waals surface area contributed by atoms with E-state index in [1.54, 1.807) is 32.8 Å². The quantitative estimate of drug-likeness (QED) is 0.124. The Hall–Kier alpha value is -4.16. The minimum absolute atomic E-state index is 0.0128. The van der Waals surface area contributed by atoms with Crippen LogP contribution in [-0.2, 0) is 32.2 Å². The number of nitrogens with one attached hydrogen (secondary N) is 2. The molecule has 2 atom stereocenters. The third-order valence-corrected chi connectivity index (χ3v) is 9.18. The monoisotopic (exact) mass is 781 g/mol. The smallest absolute Gasteiger partial charge is 0.481 e. The highest BCUT2D eigenvalue weighted by atomic mass is 35.5. The highest BCUT2D eigenvalue weighted by Gasteiger charge is 2.46. The van der Waals surface area contributed by atoms with Gasteiger partial charge >= 0.3 is 27.7 Å². The zero-order chi connectivity index (χ0) is 39.5. The van der Waals surface area contributed by atoms with E-state index in [1.807, 2.05) is 0 Å². The van der Waals surface area contributed by atoms with Crippen LogP contribution in [0.4, 0.5) is 32.0 Å². The first-order chi connectivity index (χ1) is 23.8. The predicted molar refractivity (Wildman–Crippen MR) is 182 cm³/mol. The molecule has 2 aromatic heterocycles. The van der Waals surface area contributed by atoms with Crippen LogP contribution < -0.4 is 15.6 Å². The molecule has 1 amide bonds. The van der Waals surface area contributed by atoms with Gasteiger partial charge in [0.05, 0.1) is 23.7 Å². The second-order valence-electron chi connectivity index (χ2n) is 13.0. The van der Waals surface area contributed by atoms with E-state index in [4.69, 9.17) is 11.6 Å². The molecule has 19 heteroatoms. The summed E-state index contributed by atoms with van der Waals surface area (Å²) in [4.78, 5) is 44.9. The molecule has 3 aromatic rings. The zero-order valence-corrected chi connectivity index (χ0v) is 30.5. The van der Waals surface area contributed by atoms with Gasteiger partial charge in [0.25, 0.3) is 5.56 Å². The molecule has 3 N–H and O–H groups in total. The number of hydrogen-bond acceptors (Lipinski definition) is 7. The second-order valence-corrected chi connectivity index (χ2v) is 15.0. The maximum Gasteiger partial charge on any atom is 0.516 e. The summed E-state index contributed by atoms with van der Waals surface area (Å²) in [5, 5.41) is 12.2. The molecule has 0 radical (unpaired) electrons. The lowest BCUT2D eigenvalue weighted by Gasteiger charge is -2.26. The summed E-state index contributed by atoms with van der Waals surface area (Å²) in [7, 11) is -2.39. The number of hydrogen-bond donors (Lipinski definition) is 3. The molecule has 2 heterocycles. The highest BCUT2D eigenvalue weighted by molar-refractivity contribution is 7.93. The molecule has 0 bridgehead atoms. The van der Waals surface area contributed by atoms with E-state index >= 15 is 0 Å². The summed E-state index contributed by atoms with van der Waals surface area (Å²) in [5.74, 6) is -2.50. The fourth-order valence-corrected chi connectivity index (χ4v) is 6.40. The summed E-state index contributed by atoms with van der Waals surface area (Å²) < 4.78 is 106. The molecular weight excluding hydrogens is 744 g/mol. The van der Waals surface area contributed by atoms with Gasteiger partial charge in [0.1, 0.15) is 11.2 Å². The number of nitrogens with zero attached hydrogens (tertiary/aromatic N) is 3. The van der Waals surface area contributed by atoms with Crippen molar-refractivity contribution in [3.63, 3.8) is 0 Å². The minimum atomic E-state index is -5.72. The molecular formula is C33H38ClF6N5O6S. The maximum atomic E-state index is 13.9. The largest absolute Gasteiger partial charge is 0.516 e. The molecule has 0 saturated carbocycles. The van der Waals surface area contributed by atoms with Gasteiger partial charge < -0.3 is 19.9 Å². The summed E-state index contributed by atoms with van der Waals surface area (Å²) in [5.41, 5.74) is -7.14. The number of likely N-dealkylation sites (N-methyl/N-ethyl adjacent to an activating group) is 1. The second kappa shape index (κ2) is 16.2. The molecule has 0 unspecified atom stereocenters. The average Bonchev–Trinajstić information content (AvgIpc) is 2.96. The Morgan fingerprint density at radius 2 is 1.62 bits per heavy atom. The van der Waals surface area contributed by atoms with Crippen LogP contribution in [0.3, 0.4) is 0 Å². The number of aryl methyl sites for hydroxylation is 2. The Morgan fingerprint density at radius 1 is 1.02 bits per heavy atom. The number of rotatable bonds is 14. The van der Waals surface area contributed by atoms with Crippen molar-refractivity contribution in [3.8, 4) is 11.1 Å². The van der Waals surface area contributed by atoms with Crippen molar-refractivity contribution >= 4 is 39.2 Å². The number of carbonyl (C=O) groups is 2. The van der Waals surface area contributed by atoms with E-state index in [2.05, 4.69) is 10.3 Å². The number of aromatic nitrogens is 2. The van der Waals surface area contributed by atoms with Gasteiger partial charge in [-0.25, -0.2) is 4.98 Å². The SMILES string of the molecule is Cc1cc(NS(=O)(=O)C(F)(F)F)cc(C)c1-c1cc(Cl)nc([C@H](CC(=O)O)NC(=O)[C@H](CC(C)C)n2cc(CCN(C)C)c(C(F)(F)F)cc2=O)c1. The summed E-state index contributed by atoms with van der Waals surface area (Å²) in [6, 6.07) is 2.76. The molecule has 1 aromatic carbocycles. The fraction of sp³-hybridized carbons (Fsp3) is 0.455. The van der Waals surface area contributed by atoms with E-state index in [-0.39, 0.29) is 47.4 Å². The van der Waals surface area contributed by atoms with Crippen LogP contribution in [0.1, 0.15) is 66.7 Å². The van der Waals surface area contributed by atoms with E-state index in [0.29, 0.717) is 28.3 Å². The predicted octanol–water partition coefficient (Wildman–Crippen LogP) is 6.48. The van der Waals surface area contributed by atoms with Gasteiger partial charge in [-0.1, -0.05) is 25.4 Å². The number of pyridine rings is 2. The average molecular weight is 782 g/mol. The highest BCUT2D eigenvalue weighted by Crippen LogP contribution is 2.36. The van der Waals surface area contributed by atoms with Crippen LogP contribution in [-0.4, -0.2) is 66.0 Å².